The number of carbonyl (C=O) groups excluding carboxylic acids is 1. The van der Waals surface area contributed by atoms with Gasteiger partial charge >= 0.3 is 0 Å². The molecule has 1 rings (SSSR count). The van der Waals surface area contributed by atoms with E-state index >= 15 is 0 Å². The van der Waals surface area contributed by atoms with Gasteiger partial charge < -0.3 is 5.32 Å². The molecule has 0 aliphatic heterocycles. The second-order valence-electron chi connectivity index (χ2n) is 3.31. The van der Waals surface area contributed by atoms with Gasteiger partial charge in [-0.25, -0.2) is 0 Å². The molecule has 1 N–H and O–H groups in total. The SMILES string of the molecule is CCC(C)C(=O)Nc1ccc(Cl)cc1. The van der Waals surface area contributed by atoms with E-state index in [9.17, 15) is 4.79 Å². The lowest BCUT2D eigenvalue weighted by atomic mass is 10.1. The highest BCUT2D eigenvalue weighted by Crippen LogP contribution is 2.14. The molecule has 3 heteroatoms. The molecule has 0 heterocycles. The molecule has 1 amide bonds. The van der Waals surface area contributed by atoms with Crippen molar-refractivity contribution >= 4 is 23.2 Å². The van der Waals surface area contributed by atoms with Crippen molar-refractivity contribution in [2.75, 3.05) is 5.32 Å². The van der Waals surface area contributed by atoms with Crippen LogP contribution >= 0.6 is 11.6 Å². The number of amides is 1. The van der Waals surface area contributed by atoms with Gasteiger partial charge in [-0.2, -0.15) is 0 Å². The standard InChI is InChI=1S/C11H14ClNO/c1-3-8(2)11(14)13-10-6-4-9(12)5-7-10/h4-8H,3H2,1-2H3,(H,13,14). The van der Waals surface area contributed by atoms with Crippen LogP contribution in [0.1, 0.15) is 20.3 Å². The first-order chi connectivity index (χ1) is 6.63. The van der Waals surface area contributed by atoms with Crippen molar-refractivity contribution in [1.82, 2.24) is 0 Å². The predicted molar refractivity (Wildman–Crippen MR) is 59.5 cm³/mol. The van der Waals surface area contributed by atoms with E-state index in [1.807, 2.05) is 13.8 Å². The van der Waals surface area contributed by atoms with Crippen LogP contribution < -0.4 is 5.32 Å². The first-order valence-electron chi connectivity index (χ1n) is 4.70. The smallest absolute Gasteiger partial charge is 0.227 e. The lowest BCUT2D eigenvalue weighted by molar-refractivity contribution is -0.119. The van der Waals surface area contributed by atoms with Gasteiger partial charge in [0, 0.05) is 16.6 Å². The minimum Gasteiger partial charge on any atom is -0.326 e. The summed E-state index contributed by atoms with van der Waals surface area (Å²) < 4.78 is 0. The average molecular weight is 212 g/mol. The molecule has 0 saturated heterocycles. The van der Waals surface area contributed by atoms with Gasteiger partial charge in [0.1, 0.15) is 0 Å². The Bertz CT molecular complexity index is 308. The van der Waals surface area contributed by atoms with Crippen LogP contribution in [0.2, 0.25) is 5.02 Å². The van der Waals surface area contributed by atoms with Gasteiger partial charge in [-0.15, -0.1) is 0 Å². The molecule has 0 spiro atoms. The third-order valence-electron chi connectivity index (χ3n) is 2.17. The Labute approximate surface area is 89.3 Å². The van der Waals surface area contributed by atoms with Gasteiger partial charge in [0.25, 0.3) is 0 Å². The van der Waals surface area contributed by atoms with Crippen LogP contribution in [0.15, 0.2) is 24.3 Å². The molecule has 0 saturated carbocycles. The monoisotopic (exact) mass is 211 g/mol. The number of hydrogen-bond donors (Lipinski definition) is 1. The highest BCUT2D eigenvalue weighted by atomic mass is 35.5. The van der Waals surface area contributed by atoms with E-state index in [-0.39, 0.29) is 11.8 Å². The van der Waals surface area contributed by atoms with Crippen molar-refractivity contribution < 1.29 is 4.79 Å². The molecule has 0 radical (unpaired) electrons. The summed E-state index contributed by atoms with van der Waals surface area (Å²) in [5.41, 5.74) is 0.791. The summed E-state index contributed by atoms with van der Waals surface area (Å²) in [4.78, 5) is 11.5. The Morgan fingerprint density at radius 3 is 2.50 bits per heavy atom. The maximum absolute atomic E-state index is 11.5. The Hall–Kier alpha value is -1.02. The second kappa shape index (κ2) is 5.01. The van der Waals surface area contributed by atoms with Crippen LogP contribution in [0.25, 0.3) is 0 Å². The summed E-state index contributed by atoms with van der Waals surface area (Å²) in [6, 6.07) is 7.10. The van der Waals surface area contributed by atoms with Crippen LogP contribution in [-0.2, 0) is 4.79 Å². The molecular formula is C11H14ClNO. The van der Waals surface area contributed by atoms with Gasteiger partial charge in [0.05, 0.1) is 0 Å². The van der Waals surface area contributed by atoms with Crippen molar-refractivity contribution in [2.24, 2.45) is 5.92 Å². The Morgan fingerprint density at radius 2 is 2.00 bits per heavy atom. The number of hydrogen-bond acceptors (Lipinski definition) is 1. The van der Waals surface area contributed by atoms with E-state index in [1.165, 1.54) is 0 Å². The lowest BCUT2D eigenvalue weighted by Crippen LogP contribution is -2.19. The van der Waals surface area contributed by atoms with Crippen LogP contribution in [0.4, 0.5) is 5.69 Å². The maximum atomic E-state index is 11.5. The molecule has 76 valence electrons. The quantitative estimate of drug-likeness (QED) is 0.817. The van der Waals surface area contributed by atoms with Crippen LogP contribution in [-0.4, -0.2) is 5.91 Å². The van der Waals surface area contributed by atoms with Gasteiger partial charge in [-0.3, -0.25) is 4.79 Å². The number of anilines is 1. The summed E-state index contributed by atoms with van der Waals surface area (Å²) in [7, 11) is 0. The maximum Gasteiger partial charge on any atom is 0.227 e. The van der Waals surface area contributed by atoms with Gasteiger partial charge in [-0.1, -0.05) is 25.4 Å². The van der Waals surface area contributed by atoms with Gasteiger partial charge in [0.2, 0.25) is 5.91 Å². The Morgan fingerprint density at radius 1 is 1.43 bits per heavy atom. The fourth-order valence-corrected chi connectivity index (χ4v) is 1.11. The minimum atomic E-state index is 0.0469. The molecule has 0 aliphatic rings. The number of halogens is 1. The average Bonchev–Trinajstić information content (AvgIpc) is 2.20. The molecule has 0 aromatic heterocycles. The van der Waals surface area contributed by atoms with E-state index in [1.54, 1.807) is 24.3 Å². The largest absolute Gasteiger partial charge is 0.326 e. The van der Waals surface area contributed by atoms with E-state index in [2.05, 4.69) is 5.32 Å². The predicted octanol–water partition coefficient (Wildman–Crippen LogP) is 3.32. The zero-order valence-electron chi connectivity index (χ0n) is 8.38. The molecule has 1 aromatic carbocycles. The summed E-state index contributed by atoms with van der Waals surface area (Å²) in [6.07, 6.45) is 0.847. The fourth-order valence-electron chi connectivity index (χ4n) is 0.984. The third-order valence-corrected chi connectivity index (χ3v) is 2.42. The van der Waals surface area contributed by atoms with E-state index in [0.29, 0.717) is 5.02 Å². The second-order valence-corrected chi connectivity index (χ2v) is 3.74. The molecule has 1 unspecified atom stereocenters. The van der Waals surface area contributed by atoms with Crippen molar-refractivity contribution in [1.29, 1.82) is 0 Å². The third kappa shape index (κ3) is 3.04. The fraction of sp³-hybridized carbons (Fsp3) is 0.364. The van der Waals surface area contributed by atoms with Crippen molar-refractivity contribution in [2.45, 2.75) is 20.3 Å². The molecule has 0 fully saturated rings. The Balaban J connectivity index is 2.60. The molecular weight excluding hydrogens is 198 g/mol. The molecule has 1 atom stereocenters. The molecule has 14 heavy (non-hydrogen) atoms. The lowest BCUT2D eigenvalue weighted by Gasteiger charge is -2.09. The van der Waals surface area contributed by atoms with Gasteiger partial charge in [-0.05, 0) is 30.7 Å². The number of nitrogens with one attached hydrogen (secondary N) is 1. The first-order valence-corrected chi connectivity index (χ1v) is 5.07. The summed E-state index contributed by atoms with van der Waals surface area (Å²) in [5, 5.41) is 3.49. The molecule has 1 aromatic rings. The van der Waals surface area contributed by atoms with Crippen molar-refractivity contribution in [3.63, 3.8) is 0 Å². The molecule has 0 bridgehead atoms. The van der Waals surface area contributed by atoms with Crippen LogP contribution in [0.3, 0.4) is 0 Å². The summed E-state index contributed by atoms with van der Waals surface area (Å²) in [6.45, 7) is 3.90. The van der Waals surface area contributed by atoms with E-state index in [4.69, 9.17) is 11.6 Å². The van der Waals surface area contributed by atoms with Crippen LogP contribution in [0.5, 0.6) is 0 Å². The highest BCUT2D eigenvalue weighted by molar-refractivity contribution is 6.30. The zero-order valence-corrected chi connectivity index (χ0v) is 9.14. The van der Waals surface area contributed by atoms with Crippen molar-refractivity contribution in [3.8, 4) is 0 Å². The summed E-state index contributed by atoms with van der Waals surface area (Å²) in [5.74, 6) is 0.0977. The van der Waals surface area contributed by atoms with E-state index in [0.717, 1.165) is 12.1 Å². The first kappa shape index (κ1) is 11.1. The normalized spacial score (nSPS) is 12.2. The summed E-state index contributed by atoms with van der Waals surface area (Å²) >= 11 is 5.73. The number of carbonyl (C=O) groups is 1. The zero-order chi connectivity index (χ0) is 10.6. The Kier molecular flexibility index (Phi) is 3.96. The number of rotatable bonds is 3. The topological polar surface area (TPSA) is 29.1 Å². The van der Waals surface area contributed by atoms with E-state index < -0.39 is 0 Å². The van der Waals surface area contributed by atoms with Crippen molar-refractivity contribution in [3.05, 3.63) is 29.3 Å². The molecule has 0 aliphatic carbocycles. The minimum absolute atomic E-state index is 0.0469. The number of benzene rings is 1. The highest BCUT2D eigenvalue weighted by Gasteiger charge is 2.09. The van der Waals surface area contributed by atoms with Gasteiger partial charge in [0.15, 0.2) is 0 Å². The molecule has 2 nitrogen and oxygen atoms in total. The van der Waals surface area contributed by atoms with Crippen LogP contribution in [0, 0.1) is 5.92 Å².